The minimum absolute atomic E-state index is 0.0926. The summed E-state index contributed by atoms with van der Waals surface area (Å²) < 4.78 is 6.14. The summed E-state index contributed by atoms with van der Waals surface area (Å²) in [5.74, 6) is 1.70. The zero-order valence-corrected chi connectivity index (χ0v) is 22.3. The molecule has 29 heavy (non-hydrogen) atoms. The van der Waals surface area contributed by atoms with Gasteiger partial charge in [-0.3, -0.25) is 0 Å². The molecule has 1 atom stereocenters. The summed E-state index contributed by atoms with van der Waals surface area (Å²) in [7, 11) is 25.3. The maximum absolute atomic E-state index is 6.14. The fraction of sp³-hybridized carbons (Fsp3) is 0.0500. The SMILES string of the molecule is C1=C(c2ccccc2)OC(c2ccsc2)=[NH+]C1c1ccccc1.[Cl][Sn-]([Cl])([Cl])([Cl])[Cl]. The summed E-state index contributed by atoms with van der Waals surface area (Å²) in [4.78, 5) is 3.50. The molecule has 1 aromatic heterocycles. The van der Waals surface area contributed by atoms with Gasteiger partial charge >= 0.3 is 61.9 Å². The van der Waals surface area contributed by atoms with Gasteiger partial charge in [0.1, 0.15) is 5.76 Å². The fourth-order valence-electron chi connectivity index (χ4n) is 2.64. The summed E-state index contributed by atoms with van der Waals surface area (Å²) in [5.41, 5.74) is 3.39. The summed E-state index contributed by atoms with van der Waals surface area (Å²) in [6.45, 7) is 0. The van der Waals surface area contributed by atoms with Crippen molar-refractivity contribution < 1.29 is 9.73 Å². The van der Waals surface area contributed by atoms with Crippen LogP contribution in [0, 0.1) is 0 Å². The van der Waals surface area contributed by atoms with E-state index in [2.05, 4.69) is 64.3 Å². The molecule has 1 unspecified atom stereocenters. The van der Waals surface area contributed by atoms with Crippen molar-refractivity contribution in [3.05, 3.63) is 100 Å². The van der Waals surface area contributed by atoms with Gasteiger partial charge in [-0.15, -0.1) is 0 Å². The quantitative estimate of drug-likeness (QED) is 0.337. The molecule has 2 nitrogen and oxygen atoms in total. The van der Waals surface area contributed by atoms with Crippen molar-refractivity contribution in [2.75, 3.05) is 0 Å². The van der Waals surface area contributed by atoms with Crippen molar-refractivity contribution in [1.29, 1.82) is 0 Å². The molecular weight excluding hydrogens is 598 g/mol. The zero-order valence-electron chi connectivity index (χ0n) is 14.9. The third kappa shape index (κ3) is 8.33. The molecule has 0 spiro atoms. The van der Waals surface area contributed by atoms with Crippen LogP contribution in [0.1, 0.15) is 22.7 Å². The average Bonchev–Trinajstić information content (AvgIpc) is 3.22. The third-order valence-electron chi connectivity index (χ3n) is 3.82. The number of rotatable bonds is 3. The number of ether oxygens (including phenoxy) is 1. The van der Waals surface area contributed by atoms with E-state index in [0.717, 1.165) is 22.8 Å². The molecule has 9 heteroatoms. The minimum atomic E-state index is -4.40. The second-order valence-electron chi connectivity index (χ2n) is 6.09. The number of benzene rings is 2. The molecule has 0 saturated carbocycles. The van der Waals surface area contributed by atoms with Gasteiger partial charge in [-0.1, -0.05) is 60.7 Å². The summed E-state index contributed by atoms with van der Waals surface area (Å²) in [6.07, 6.45) is 2.14. The Morgan fingerprint density at radius 2 is 1.38 bits per heavy atom. The molecular formula is C20H16Cl5NOSSn. The Morgan fingerprint density at radius 3 is 1.93 bits per heavy atom. The predicted molar refractivity (Wildman–Crippen MR) is 129 cm³/mol. The van der Waals surface area contributed by atoms with Gasteiger partial charge in [0, 0.05) is 22.6 Å². The first-order chi connectivity index (χ1) is 13.6. The molecule has 3 aromatic rings. The van der Waals surface area contributed by atoms with Crippen LogP contribution in [0.25, 0.3) is 5.76 Å². The van der Waals surface area contributed by atoms with Crippen LogP contribution in [0.4, 0.5) is 0 Å². The van der Waals surface area contributed by atoms with Crippen LogP contribution < -0.4 is 4.99 Å². The van der Waals surface area contributed by atoms with Crippen LogP contribution in [-0.2, 0) is 4.74 Å². The molecule has 2 aromatic carbocycles. The van der Waals surface area contributed by atoms with E-state index in [-0.39, 0.29) is 6.04 Å². The number of hydrogen-bond donors (Lipinski definition) is 1. The van der Waals surface area contributed by atoms with Gasteiger partial charge in [-0.05, 0) is 11.4 Å². The van der Waals surface area contributed by atoms with E-state index in [1.807, 2.05) is 24.3 Å². The first-order valence-corrected chi connectivity index (χ1v) is 27.5. The van der Waals surface area contributed by atoms with Gasteiger partial charge in [0.05, 0.1) is 5.56 Å². The normalized spacial score (nSPS) is 17.6. The Kier molecular flexibility index (Phi) is 7.88. The first kappa shape index (κ1) is 23.3. The van der Waals surface area contributed by atoms with Crippen molar-refractivity contribution in [1.82, 2.24) is 0 Å². The average molecular weight is 614 g/mol. The molecule has 0 amide bonds. The third-order valence-corrected chi connectivity index (χ3v) is 4.50. The van der Waals surface area contributed by atoms with Gasteiger partial charge in [0.2, 0.25) is 6.04 Å². The van der Waals surface area contributed by atoms with E-state index in [1.54, 1.807) is 11.3 Å². The molecule has 0 aliphatic carbocycles. The molecule has 0 saturated heterocycles. The summed E-state index contributed by atoms with van der Waals surface area (Å²) in [5, 5.41) is 4.16. The van der Waals surface area contributed by atoms with Crippen molar-refractivity contribution in [2.24, 2.45) is 0 Å². The first-order valence-electron chi connectivity index (χ1n) is 8.51. The number of hydrogen-bond acceptors (Lipinski definition) is 2. The Hall–Kier alpha value is -0.401. The molecule has 1 N–H and O–H groups in total. The van der Waals surface area contributed by atoms with Crippen molar-refractivity contribution in [3.63, 3.8) is 0 Å². The molecule has 4 rings (SSSR count). The Balaban J connectivity index is 0.000000353. The summed E-state index contributed by atoms with van der Waals surface area (Å²) in [6, 6.07) is 22.8. The molecule has 0 fully saturated rings. The fourth-order valence-corrected chi connectivity index (χ4v) is 3.28. The monoisotopic (exact) mass is 613 g/mol. The molecule has 1 aliphatic heterocycles. The van der Waals surface area contributed by atoms with E-state index in [4.69, 9.17) is 49.3 Å². The van der Waals surface area contributed by atoms with Crippen LogP contribution in [0.15, 0.2) is 83.6 Å². The molecule has 2 heterocycles. The van der Waals surface area contributed by atoms with E-state index < -0.39 is 11.4 Å². The number of nitrogens with one attached hydrogen (secondary N) is 1. The van der Waals surface area contributed by atoms with Gasteiger partial charge in [-0.25, -0.2) is 0 Å². The standard InChI is InChI=1S/C20H15NOS.5ClH.Sn/c1-3-7-15(8-4-1)18-13-19(16-9-5-2-6-10-16)22-20(21-18)17-11-12-23-14-17;;;;;;/h1-14,18H;5*1H;/q;;;;;;+4/p-4. The van der Waals surface area contributed by atoms with Crippen molar-refractivity contribution in [3.8, 4) is 0 Å². The van der Waals surface area contributed by atoms with Gasteiger partial charge in [0.15, 0.2) is 0 Å². The summed E-state index contributed by atoms with van der Waals surface area (Å²) >= 11 is -2.73. The second-order valence-corrected chi connectivity index (χ2v) is 49.3. The van der Waals surface area contributed by atoms with Crippen LogP contribution in [0.5, 0.6) is 0 Å². The number of thiophene rings is 1. The van der Waals surface area contributed by atoms with E-state index in [0.29, 0.717) is 0 Å². The van der Waals surface area contributed by atoms with Gasteiger partial charge < -0.3 is 4.74 Å². The molecule has 0 radical (unpaired) electrons. The van der Waals surface area contributed by atoms with Gasteiger partial charge in [0.25, 0.3) is 0 Å². The van der Waals surface area contributed by atoms with Crippen LogP contribution in [0.2, 0.25) is 0 Å². The van der Waals surface area contributed by atoms with Crippen LogP contribution in [-0.4, -0.2) is 17.3 Å². The van der Waals surface area contributed by atoms with E-state index in [9.17, 15) is 0 Å². The van der Waals surface area contributed by atoms with Gasteiger partial charge in [-0.2, -0.15) is 16.3 Å². The van der Waals surface area contributed by atoms with E-state index >= 15 is 0 Å². The Bertz CT molecular complexity index is 983. The Morgan fingerprint density at radius 1 is 0.793 bits per heavy atom. The van der Waals surface area contributed by atoms with Crippen molar-refractivity contribution >= 4 is 79.0 Å². The molecule has 1 aliphatic rings. The number of halogens is 5. The maximum atomic E-state index is 6.14. The Labute approximate surface area is 193 Å². The van der Waals surface area contributed by atoms with E-state index in [1.165, 1.54) is 5.56 Å². The van der Waals surface area contributed by atoms with Crippen LogP contribution in [0.3, 0.4) is 0 Å². The van der Waals surface area contributed by atoms with Crippen LogP contribution >= 0.6 is 55.9 Å². The second kappa shape index (κ2) is 9.82. The zero-order chi connectivity index (χ0) is 20.9. The van der Waals surface area contributed by atoms with Crippen molar-refractivity contribution in [2.45, 2.75) is 6.04 Å². The molecule has 152 valence electrons. The molecule has 0 bridgehead atoms. The topological polar surface area (TPSA) is 23.2 Å². The predicted octanol–water partition coefficient (Wildman–Crippen LogP) is 6.45.